The normalized spacial score (nSPS) is 12.2. The van der Waals surface area contributed by atoms with Gasteiger partial charge >= 0.3 is 0 Å². The van der Waals surface area contributed by atoms with Crippen LogP contribution in [0.5, 0.6) is 11.5 Å². The van der Waals surface area contributed by atoms with E-state index in [1.54, 1.807) is 18.5 Å². The molecule has 0 saturated carbocycles. The third kappa shape index (κ3) is 4.07. The third-order valence-corrected chi connectivity index (χ3v) is 5.39. The van der Waals surface area contributed by atoms with E-state index in [1.807, 2.05) is 36.4 Å². The predicted octanol–water partition coefficient (Wildman–Crippen LogP) is 2.64. The standard InChI is InChI=1S/C24H22N4O4/c29-23(25-10-4-7-17-5-2-1-3-6-17)15-27-11-12-28-20(24(27)30)14-19(26-28)18-8-9-21-22(13-18)32-16-31-21/h1-3,5-6,8-9,11-14H,4,7,10,15-16H2,(H,25,29). The fraction of sp³-hybridized carbons (Fsp3) is 0.208. The second-order valence-electron chi connectivity index (χ2n) is 7.60. The molecule has 1 aliphatic heterocycles. The van der Waals surface area contributed by atoms with Crippen molar-refractivity contribution in [3.05, 3.63) is 82.9 Å². The number of nitrogens with one attached hydrogen (secondary N) is 1. The van der Waals surface area contributed by atoms with E-state index < -0.39 is 0 Å². The number of benzene rings is 2. The smallest absolute Gasteiger partial charge is 0.277 e. The molecule has 0 atom stereocenters. The summed E-state index contributed by atoms with van der Waals surface area (Å²) in [6.07, 6.45) is 4.99. The van der Waals surface area contributed by atoms with Crippen molar-refractivity contribution in [1.82, 2.24) is 19.5 Å². The number of nitrogens with zero attached hydrogens (tertiary/aromatic N) is 3. The molecule has 2 aromatic carbocycles. The molecule has 0 unspecified atom stereocenters. The molecule has 8 nitrogen and oxygen atoms in total. The van der Waals surface area contributed by atoms with Crippen LogP contribution in [0.15, 0.2) is 71.8 Å². The topological polar surface area (TPSA) is 86.9 Å². The number of amides is 1. The summed E-state index contributed by atoms with van der Waals surface area (Å²) < 4.78 is 13.7. The van der Waals surface area contributed by atoms with Gasteiger partial charge in [-0.3, -0.25) is 9.59 Å². The molecule has 5 rings (SSSR count). The molecule has 4 aromatic rings. The van der Waals surface area contributed by atoms with Gasteiger partial charge in [0.15, 0.2) is 11.5 Å². The Morgan fingerprint density at radius 2 is 1.88 bits per heavy atom. The summed E-state index contributed by atoms with van der Waals surface area (Å²) in [5.41, 5.74) is 2.83. The van der Waals surface area contributed by atoms with Gasteiger partial charge in [-0.15, -0.1) is 0 Å². The van der Waals surface area contributed by atoms with Gasteiger partial charge in [0.2, 0.25) is 12.7 Å². The molecule has 0 bridgehead atoms. The molecular weight excluding hydrogens is 408 g/mol. The van der Waals surface area contributed by atoms with E-state index in [4.69, 9.17) is 9.47 Å². The van der Waals surface area contributed by atoms with Crippen LogP contribution >= 0.6 is 0 Å². The molecular formula is C24H22N4O4. The fourth-order valence-electron chi connectivity index (χ4n) is 3.72. The Hall–Kier alpha value is -4.07. The number of hydrogen-bond acceptors (Lipinski definition) is 5. The zero-order chi connectivity index (χ0) is 21.9. The van der Waals surface area contributed by atoms with Gasteiger partial charge < -0.3 is 19.4 Å². The Bertz CT molecular complexity index is 1330. The van der Waals surface area contributed by atoms with E-state index in [0.29, 0.717) is 29.3 Å². The summed E-state index contributed by atoms with van der Waals surface area (Å²) >= 11 is 0. The third-order valence-electron chi connectivity index (χ3n) is 5.39. The molecule has 162 valence electrons. The lowest BCUT2D eigenvalue weighted by atomic mass is 10.1. The number of carbonyl (C=O) groups excluding carboxylic acids is 1. The molecule has 0 spiro atoms. The first-order chi connectivity index (χ1) is 15.7. The van der Waals surface area contributed by atoms with E-state index >= 15 is 0 Å². The summed E-state index contributed by atoms with van der Waals surface area (Å²) in [6, 6.07) is 17.4. The summed E-state index contributed by atoms with van der Waals surface area (Å²) in [7, 11) is 0. The molecule has 0 aliphatic carbocycles. The number of rotatable bonds is 7. The quantitative estimate of drug-likeness (QED) is 0.456. The van der Waals surface area contributed by atoms with Crippen molar-refractivity contribution in [2.75, 3.05) is 13.3 Å². The highest BCUT2D eigenvalue weighted by atomic mass is 16.7. The minimum atomic E-state index is -0.272. The van der Waals surface area contributed by atoms with Crippen LogP contribution < -0.4 is 20.3 Å². The molecule has 2 aromatic heterocycles. The van der Waals surface area contributed by atoms with Gasteiger partial charge in [0.25, 0.3) is 5.56 Å². The van der Waals surface area contributed by atoms with Gasteiger partial charge in [0.05, 0.1) is 5.69 Å². The number of aryl methyl sites for hydroxylation is 1. The Kier molecular flexibility index (Phi) is 5.33. The highest BCUT2D eigenvalue weighted by Gasteiger charge is 2.16. The average molecular weight is 430 g/mol. The van der Waals surface area contributed by atoms with Gasteiger partial charge in [-0.1, -0.05) is 30.3 Å². The van der Waals surface area contributed by atoms with E-state index in [2.05, 4.69) is 22.5 Å². The van der Waals surface area contributed by atoms with Gasteiger partial charge in [-0.2, -0.15) is 5.10 Å². The lowest BCUT2D eigenvalue weighted by molar-refractivity contribution is -0.121. The van der Waals surface area contributed by atoms with Crippen molar-refractivity contribution >= 4 is 11.4 Å². The van der Waals surface area contributed by atoms with Gasteiger partial charge in [-0.25, -0.2) is 4.52 Å². The molecule has 1 N–H and O–H groups in total. The van der Waals surface area contributed by atoms with Crippen LogP contribution in [0.1, 0.15) is 12.0 Å². The van der Waals surface area contributed by atoms with Crippen molar-refractivity contribution in [3.8, 4) is 22.8 Å². The van der Waals surface area contributed by atoms with Crippen LogP contribution in [0.4, 0.5) is 0 Å². The molecule has 0 radical (unpaired) electrons. The summed E-state index contributed by atoms with van der Waals surface area (Å²) in [4.78, 5) is 25.2. The summed E-state index contributed by atoms with van der Waals surface area (Å²) in [5, 5.41) is 7.37. The number of carbonyl (C=O) groups is 1. The number of hydrogen-bond donors (Lipinski definition) is 1. The first-order valence-electron chi connectivity index (χ1n) is 10.5. The van der Waals surface area contributed by atoms with Crippen molar-refractivity contribution in [1.29, 1.82) is 0 Å². The lowest BCUT2D eigenvalue weighted by Crippen LogP contribution is -2.33. The monoisotopic (exact) mass is 430 g/mol. The lowest BCUT2D eigenvalue weighted by Gasteiger charge is -2.08. The van der Waals surface area contributed by atoms with Gasteiger partial charge in [-0.05, 0) is 42.7 Å². The summed E-state index contributed by atoms with van der Waals surface area (Å²) in [5.74, 6) is 1.15. The van der Waals surface area contributed by atoms with Crippen LogP contribution in [0.2, 0.25) is 0 Å². The molecule has 32 heavy (non-hydrogen) atoms. The Labute approximate surface area is 184 Å². The summed E-state index contributed by atoms with van der Waals surface area (Å²) in [6.45, 7) is 0.722. The molecule has 1 aliphatic rings. The number of ether oxygens (including phenoxy) is 2. The van der Waals surface area contributed by atoms with Crippen molar-refractivity contribution in [3.63, 3.8) is 0 Å². The zero-order valence-electron chi connectivity index (χ0n) is 17.4. The highest BCUT2D eigenvalue weighted by molar-refractivity contribution is 5.76. The minimum Gasteiger partial charge on any atom is -0.454 e. The molecule has 0 saturated heterocycles. The Morgan fingerprint density at radius 1 is 1.03 bits per heavy atom. The minimum absolute atomic E-state index is 0.0365. The van der Waals surface area contributed by atoms with Gasteiger partial charge in [0.1, 0.15) is 12.1 Å². The van der Waals surface area contributed by atoms with Crippen LogP contribution in [0.25, 0.3) is 16.8 Å². The van der Waals surface area contributed by atoms with Crippen molar-refractivity contribution in [2.24, 2.45) is 0 Å². The van der Waals surface area contributed by atoms with Crippen LogP contribution in [-0.2, 0) is 17.8 Å². The maximum absolute atomic E-state index is 12.9. The predicted molar refractivity (Wildman–Crippen MR) is 119 cm³/mol. The number of aromatic nitrogens is 3. The highest BCUT2D eigenvalue weighted by Crippen LogP contribution is 2.35. The van der Waals surface area contributed by atoms with Crippen LogP contribution in [-0.4, -0.2) is 33.4 Å². The van der Waals surface area contributed by atoms with E-state index in [9.17, 15) is 9.59 Å². The molecule has 8 heteroatoms. The van der Waals surface area contributed by atoms with Crippen LogP contribution in [0.3, 0.4) is 0 Å². The maximum Gasteiger partial charge on any atom is 0.277 e. The first kappa shape index (κ1) is 19.9. The van der Waals surface area contributed by atoms with E-state index in [0.717, 1.165) is 18.4 Å². The second kappa shape index (κ2) is 8.58. The zero-order valence-corrected chi connectivity index (χ0v) is 17.4. The fourth-order valence-corrected chi connectivity index (χ4v) is 3.72. The molecule has 1 amide bonds. The molecule has 0 fully saturated rings. The van der Waals surface area contributed by atoms with E-state index in [1.165, 1.54) is 14.6 Å². The van der Waals surface area contributed by atoms with Gasteiger partial charge in [0, 0.05) is 24.5 Å². The first-order valence-corrected chi connectivity index (χ1v) is 10.5. The van der Waals surface area contributed by atoms with Crippen molar-refractivity contribution < 1.29 is 14.3 Å². The average Bonchev–Trinajstić information content (AvgIpc) is 3.46. The molecule has 3 heterocycles. The van der Waals surface area contributed by atoms with Crippen LogP contribution in [0, 0.1) is 0 Å². The largest absolute Gasteiger partial charge is 0.454 e. The Balaban J connectivity index is 1.25. The Morgan fingerprint density at radius 3 is 2.75 bits per heavy atom. The van der Waals surface area contributed by atoms with Crippen molar-refractivity contribution in [2.45, 2.75) is 19.4 Å². The SMILES string of the molecule is O=C(Cn1ccn2nc(-c3ccc4c(c3)OCO4)cc2c1=O)NCCCc1ccccc1. The number of fused-ring (bicyclic) bond motifs is 2. The van der Waals surface area contributed by atoms with E-state index in [-0.39, 0.29) is 24.8 Å². The second-order valence-corrected chi connectivity index (χ2v) is 7.60. The maximum atomic E-state index is 12.9.